The molecule has 0 saturated carbocycles. The van der Waals surface area contributed by atoms with E-state index in [2.05, 4.69) is 49.1 Å². The van der Waals surface area contributed by atoms with Gasteiger partial charge in [0.1, 0.15) is 0 Å². The van der Waals surface area contributed by atoms with Crippen LogP contribution < -0.4 is 0 Å². The van der Waals surface area contributed by atoms with Crippen LogP contribution in [-0.2, 0) is 0 Å². The van der Waals surface area contributed by atoms with E-state index in [1.54, 1.807) is 0 Å². The molecule has 0 bridgehead atoms. The van der Waals surface area contributed by atoms with Gasteiger partial charge in [-0.1, -0.05) is 13.8 Å². The number of hydrogen-bond acceptors (Lipinski definition) is 3. The van der Waals surface area contributed by atoms with Gasteiger partial charge < -0.3 is 0 Å². The molecule has 72 valence electrons. The van der Waals surface area contributed by atoms with Crippen LogP contribution >= 0.6 is 35.3 Å². The van der Waals surface area contributed by atoms with E-state index in [1.165, 1.54) is 28.8 Å². The molecule has 2 unspecified atom stereocenters. The van der Waals surface area contributed by atoms with Crippen LogP contribution in [0.2, 0.25) is 0 Å². The molecule has 0 aliphatic carbocycles. The van der Waals surface area contributed by atoms with Gasteiger partial charge in [0.15, 0.2) is 0 Å². The van der Waals surface area contributed by atoms with Crippen molar-refractivity contribution in [1.82, 2.24) is 0 Å². The van der Waals surface area contributed by atoms with Gasteiger partial charge in [0.05, 0.1) is 0 Å². The van der Waals surface area contributed by atoms with Crippen molar-refractivity contribution in [2.24, 2.45) is 5.92 Å². The normalized spacial score (nSPS) is 24.0. The molecular weight excluding hydrogens is 204 g/mol. The number of hydrogen-bond donors (Lipinski definition) is 0. The van der Waals surface area contributed by atoms with Gasteiger partial charge in [-0.15, -0.1) is 0 Å². The van der Waals surface area contributed by atoms with Gasteiger partial charge in [-0.05, 0) is 23.2 Å². The Hall–Kier alpha value is 1.05. The molecule has 1 heterocycles. The molecule has 2 atom stereocenters. The Morgan fingerprint density at radius 2 is 2.08 bits per heavy atom. The number of rotatable bonds is 7. The van der Waals surface area contributed by atoms with Gasteiger partial charge in [0.2, 0.25) is 0 Å². The van der Waals surface area contributed by atoms with Gasteiger partial charge in [0, 0.05) is 16.8 Å². The van der Waals surface area contributed by atoms with Crippen molar-refractivity contribution in [3.63, 3.8) is 0 Å². The van der Waals surface area contributed by atoms with E-state index in [1.807, 2.05) is 0 Å². The molecule has 1 fully saturated rings. The number of thioether (sulfide) groups is 3. The molecule has 0 spiro atoms. The quantitative estimate of drug-likeness (QED) is 0.607. The lowest BCUT2D eigenvalue weighted by Gasteiger charge is -2.08. The van der Waals surface area contributed by atoms with Crippen molar-refractivity contribution in [3.8, 4) is 0 Å². The summed E-state index contributed by atoms with van der Waals surface area (Å²) in [6.07, 6.45) is 0. The Morgan fingerprint density at radius 3 is 2.67 bits per heavy atom. The maximum Gasteiger partial charge on any atom is 0.0229 e. The molecule has 0 aromatic carbocycles. The summed E-state index contributed by atoms with van der Waals surface area (Å²) in [5, 5.41) is 1.01. The molecule has 1 saturated heterocycles. The van der Waals surface area contributed by atoms with Crippen LogP contribution in [0.4, 0.5) is 0 Å². The minimum absolute atomic E-state index is 0.906. The first-order valence-corrected chi connectivity index (χ1v) is 7.95. The van der Waals surface area contributed by atoms with E-state index in [0.717, 1.165) is 11.2 Å². The van der Waals surface area contributed by atoms with Crippen LogP contribution in [0.5, 0.6) is 0 Å². The minimum atomic E-state index is 0.906. The third kappa shape index (κ3) is 5.65. The van der Waals surface area contributed by atoms with Crippen LogP contribution in [0.15, 0.2) is 0 Å². The fourth-order valence-electron chi connectivity index (χ4n) is 0.932. The van der Waals surface area contributed by atoms with Gasteiger partial charge >= 0.3 is 0 Å². The first-order chi connectivity index (χ1) is 5.83. The second kappa shape index (κ2) is 6.50. The van der Waals surface area contributed by atoms with Gasteiger partial charge in [-0.25, -0.2) is 0 Å². The zero-order chi connectivity index (χ0) is 8.81. The van der Waals surface area contributed by atoms with Crippen LogP contribution in [0.1, 0.15) is 13.8 Å². The van der Waals surface area contributed by atoms with Crippen molar-refractivity contribution in [2.75, 3.05) is 28.8 Å². The van der Waals surface area contributed by atoms with Gasteiger partial charge in [-0.3, -0.25) is 0 Å². The molecule has 3 heteroatoms. The van der Waals surface area contributed by atoms with Crippen molar-refractivity contribution in [2.45, 2.75) is 19.1 Å². The lowest BCUT2D eigenvalue weighted by Crippen LogP contribution is -2.03. The summed E-state index contributed by atoms with van der Waals surface area (Å²) >= 11 is 6.33. The molecule has 0 aromatic heterocycles. The monoisotopic (exact) mass is 222 g/mol. The fourth-order valence-corrected chi connectivity index (χ4v) is 3.95. The Morgan fingerprint density at radius 1 is 1.42 bits per heavy atom. The van der Waals surface area contributed by atoms with E-state index < -0.39 is 0 Å². The first-order valence-electron chi connectivity index (χ1n) is 4.60. The summed E-state index contributed by atoms with van der Waals surface area (Å²) < 4.78 is 0. The molecule has 1 rings (SSSR count). The Balaban J connectivity index is 1.83. The summed E-state index contributed by atoms with van der Waals surface area (Å²) in [6, 6.07) is 0. The van der Waals surface area contributed by atoms with E-state index in [4.69, 9.17) is 0 Å². The Bertz CT molecular complexity index is 112. The van der Waals surface area contributed by atoms with Crippen LogP contribution in [0, 0.1) is 5.92 Å². The predicted molar refractivity (Wildman–Crippen MR) is 65.7 cm³/mol. The SMILES string of the molecule is CCSCC(C)CSCC1CS1. The van der Waals surface area contributed by atoms with Crippen LogP contribution in [0.25, 0.3) is 0 Å². The molecule has 0 N–H and O–H groups in total. The zero-order valence-corrected chi connectivity index (χ0v) is 10.4. The summed E-state index contributed by atoms with van der Waals surface area (Å²) in [5.41, 5.74) is 0. The van der Waals surface area contributed by atoms with E-state index in [0.29, 0.717) is 0 Å². The van der Waals surface area contributed by atoms with Gasteiger partial charge in [0.25, 0.3) is 0 Å². The second-order valence-electron chi connectivity index (χ2n) is 3.26. The summed E-state index contributed by atoms with van der Waals surface area (Å²) in [4.78, 5) is 0. The molecule has 0 amide bonds. The summed E-state index contributed by atoms with van der Waals surface area (Å²) in [7, 11) is 0. The molecule has 0 nitrogen and oxygen atoms in total. The summed E-state index contributed by atoms with van der Waals surface area (Å²) in [6.45, 7) is 4.61. The van der Waals surface area contributed by atoms with Crippen molar-refractivity contribution >= 4 is 35.3 Å². The van der Waals surface area contributed by atoms with Crippen molar-refractivity contribution < 1.29 is 0 Å². The molecular formula is C9H18S3. The van der Waals surface area contributed by atoms with E-state index in [-0.39, 0.29) is 0 Å². The maximum atomic E-state index is 2.37. The minimum Gasteiger partial charge on any atom is -0.162 e. The highest BCUT2D eigenvalue weighted by Crippen LogP contribution is 2.33. The largest absolute Gasteiger partial charge is 0.162 e. The summed E-state index contributed by atoms with van der Waals surface area (Å²) in [5.74, 6) is 7.71. The second-order valence-corrected chi connectivity index (χ2v) is 6.98. The topological polar surface area (TPSA) is 0 Å². The lowest BCUT2D eigenvalue weighted by atomic mass is 10.3. The average molecular weight is 222 g/mol. The molecule has 1 aliphatic heterocycles. The molecule has 12 heavy (non-hydrogen) atoms. The fraction of sp³-hybridized carbons (Fsp3) is 1.00. The first kappa shape index (κ1) is 11.1. The zero-order valence-electron chi connectivity index (χ0n) is 7.91. The predicted octanol–water partition coefficient (Wildman–Crippen LogP) is 3.22. The average Bonchev–Trinajstić information content (AvgIpc) is 2.84. The molecule has 0 radical (unpaired) electrons. The molecule has 0 aromatic rings. The van der Waals surface area contributed by atoms with Crippen molar-refractivity contribution in [1.29, 1.82) is 0 Å². The van der Waals surface area contributed by atoms with E-state index >= 15 is 0 Å². The van der Waals surface area contributed by atoms with Crippen LogP contribution in [-0.4, -0.2) is 34.0 Å². The third-order valence-corrected chi connectivity index (χ3v) is 5.55. The maximum absolute atomic E-state index is 2.37. The van der Waals surface area contributed by atoms with E-state index in [9.17, 15) is 0 Å². The highest BCUT2D eigenvalue weighted by Gasteiger charge is 2.21. The Kier molecular flexibility index (Phi) is 6.02. The highest BCUT2D eigenvalue weighted by molar-refractivity contribution is 8.08. The Labute approximate surface area is 89.0 Å². The van der Waals surface area contributed by atoms with Crippen molar-refractivity contribution in [3.05, 3.63) is 0 Å². The third-order valence-electron chi connectivity index (χ3n) is 1.71. The van der Waals surface area contributed by atoms with Gasteiger partial charge in [-0.2, -0.15) is 35.3 Å². The highest BCUT2D eigenvalue weighted by atomic mass is 32.2. The molecule has 1 aliphatic rings. The van der Waals surface area contributed by atoms with Crippen LogP contribution in [0.3, 0.4) is 0 Å². The standard InChI is InChI=1S/C9H18S3/c1-3-10-4-8(2)5-11-6-9-7-12-9/h8-9H,3-7H2,1-2H3. The lowest BCUT2D eigenvalue weighted by molar-refractivity contribution is 0.764. The smallest absolute Gasteiger partial charge is 0.0229 e.